The van der Waals surface area contributed by atoms with E-state index in [-0.39, 0.29) is 28.8 Å². The van der Waals surface area contributed by atoms with Gasteiger partial charge in [0.15, 0.2) is 11.5 Å². The standard InChI is InChI=1S/C18H13N5O8/c1-30-14-8-10(2-5-12-16(23(28)29)17(24)21-18(25)20-12)3-6-13(14)31-15-7-4-11(9-19-15)22(26)27/h2-9H,1H3,(H2,20,21,24,25)/b5-2-. The Labute approximate surface area is 171 Å². The van der Waals surface area contributed by atoms with E-state index in [0.717, 1.165) is 6.20 Å². The van der Waals surface area contributed by atoms with Crippen LogP contribution in [-0.2, 0) is 0 Å². The molecule has 13 nitrogen and oxygen atoms in total. The zero-order valence-corrected chi connectivity index (χ0v) is 15.7. The number of aromatic amines is 2. The number of benzene rings is 1. The van der Waals surface area contributed by atoms with Crippen LogP contribution in [0.4, 0.5) is 11.4 Å². The molecule has 0 unspecified atom stereocenters. The Bertz CT molecular complexity index is 1290. The van der Waals surface area contributed by atoms with Gasteiger partial charge in [-0.25, -0.2) is 9.78 Å². The molecule has 0 atom stereocenters. The molecule has 3 aromatic rings. The predicted octanol–water partition coefficient (Wildman–Crippen LogP) is 2.25. The Hall–Kier alpha value is -4.81. The lowest BCUT2D eigenvalue weighted by Crippen LogP contribution is -2.25. The van der Waals surface area contributed by atoms with Crippen LogP contribution < -0.4 is 20.7 Å². The molecule has 0 saturated heterocycles. The first-order valence-electron chi connectivity index (χ1n) is 8.44. The third-order valence-electron chi connectivity index (χ3n) is 3.90. The lowest BCUT2D eigenvalue weighted by atomic mass is 10.1. The molecule has 2 heterocycles. The molecule has 13 heteroatoms. The first-order chi connectivity index (χ1) is 14.8. The van der Waals surface area contributed by atoms with Gasteiger partial charge in [-0.1, -0.05) is 12.1 Å². The van der Waals surface area contributed by atoms with Crippen molar-refractivity contribution in [3.63, 3.8) is 0 Å². The molecule has 2 N–H and O–H groups in total. The van der Waals surface area contributed by atoms with Crippen LogP contribution >= 0.6 is 0 Å². The fraction of sp³-hybridized carbons (Fsp3) is 0.0556. The van der Waals surface area contributed by atoms with Crippen molar-refractivity contribution < 1.29 is 19.3 Å². The minimum absolute atomic E-state index is 0.101. The first-order valence-corrected chi connectivity index (χ1v) is 8.44. The van der Waals surface area contributed by atoms with Gasteiger partial charge in [0.2, 0.25) is 5.88 Å². The Morgan fingerprint density at radius 3 is 2.39 bits per heavy atom. The van der Waals surface area contributed by atoms with Crippen LogP contribution in [0.1, 0.15) is 11.3 Å². The summed E-state index contributed by atoms with van der Waals surface area (Å²) in [5.74, 6) is 0.636. The van der Waals surface area contributed by atoms with Gasteiger partial charge in [-0.3, -0.25) is 30.0 Å². The number of rotatable bonds is 7. The molecule has 158 valence electrons. The second-order valence-corrected chi connectivity index (χ2v) is 5.89. The van der Waals surface area contributed by atoms with E-state index in [1.54, 1.807) is 11.1 Å². The second-order valence-electron chi connectivity index (χ2n) is 5.89. The van der Waals surface area contributed by atoms with Crippen molar-refractivity contribution in [3.05, 3.63) is 88.9 Å². The van der Waals surface area contributed by atoms with Crippen LogP contribution in [-0.4, -0.2) is 31.9 Å². The number of H-pyrrole nitrogens is 2. The van der Waals surface area contributed by atoms with E-state index in [1.807, 2.05) is 0 Å². The summed E-state index contributed by atoms with van der Waals surface area (Å²) in [5.41, 5.74) is -2.75. The summed E-state index contributed by atoms with van der Waals surface area (Å²) in [6, 6.07) is 7.21. The molecule has 0 aliphatic rings. The van der Waals surface area contributed by atoms with E-state index in [9.17, 15) is 29.8 Å². The lowest BCUT2D eigenvalue weighted by Gasteiger charge is -2.10. The Morgan fingerprint density at radius 1 is 1.00 bits per heavy atom. The summed E-state index contributed by atoms with van der Waals surface area (Å²) in [6.45, 7) is 0. The fourth-order valence-electron chi connectivity index (χ4n) is 2.50. The number of hydrogen-bond donors (Lipinski definition) is 2. The Balaban J connectivity index is 1.88. The highest BCUT2D eigenvalue weighted by atomic mass is 16.6. The summed E-state index contributed by atoms with van der Waals surface area (Å²) in [6.07, 6.45) is 3.68. The van der Waals surface area contributed by atoms with Gasteiger partial charge in [-0.15, -0.1) is 0 Å². The summed E-state index contributed by atoms with van der Waals surface area (Å²) >= 11 is 0. The molecular weight excluding hydrogens is 414 g/mol. The number of aromatic nitrogens is 3. The van der Waals surface area contributed by atoms with Gasteiger partial charge >= 0.3 is 16.9 Å². The van der Waals surface area contributed by atoms with Crippen molar-refractivity contribution in [2.24, 2.45) is 0 Å². The monoisotopic (exact) mass is 427 g/mol. The summed E-state index contributed by atoms with van der Waals surface area (Å²) in [5, 5.41) is 21.8. The highest BCUT2D eigenvalue weighted by Gasteiger charge is 2.19. The number of pyridine rings is 1. The summed E-state index contributed by atoms with van der Waals surface area (Å²) < 4.78 is 10.8. The molecule has 0 saturated carbocycles. The van der Waals surface area contributed by atoms with Crippen LogP contribution in [0.3, 0.4) is 0 Å². The normalized spacial score (nSPS) is 10.7. The largest absolute Gasteiger partial charge is 0.493 e. The molecule has 0 bridgehead atoms. The zero-order valence-electron chi connectivity index (χ0n) is 15.7. The van der Waals surface area contributed by atoms with Crippen LogP contribution in [0.2, 0.25) is 0 Å². The highest BCUT2D eigenvalue weighted by molar-refractivity contribution is 5.72. The minimum Gasteiger partial charge on any atom is -0.493 e. The highest BCUT2D eigenvalue weighted by Crippen LogP contribution is 2.32. The van der Waals surface area contributed by atoms with Crippen LogP contribution in [0.15, 0.2) is 46.1 Å². The third-order valence-corrected chi connectivity index (χ3v) is 3.90. The average Bonchev–Trinajstić information content (AvgIpc) is 2.72. The van der Waals surface area contributed by atoms with Crippen molar-refractivity contribution >= 4 is 23.5 Å². The maximum atomic E-state index is 11.7. The Kier molecular flexibility index (Phi) is 5.86. The van der Waals surface area contributed by atoms with Crippen molar-refractivity contribution in [1.29, 1.82) is 0 Å². The number of methoxy groups -OCH3 is 1. The zero-order chi connectivity index (χ0) is 22.5. The van der Waals surface area contributed by atoms with E-state index >= 15 is 0 Å². The van der Waals surface area contributed by atoms with Crippen molar-refractivity contribution in [2.45, 2.75) is 0 Å². The second kappa shape index (κ2) is 8.69. The molecule has 2 aromatic heterocycles. The maximum Gasteiger partial charge on any atom is 0.357 e. The van der Waals surface area contributed by atoms with Crippen LogP contribution in [0, 0.1) is 20.2 Å². The van der Waals surface area contributed by atoms with Gasteiger partial charge in [0.05, 0.1) is 17.0 Å². The molecule has 0 radical (unpaired) electrons. The quantitative estimate of drug-likeness (QED) is 0.421. The third kappa shape index (κ3) is 4.79. The Morgan fingerprint density at radius 2 is 1.77 bits per heavy atom. The molecule has 31 heavy (non-hydrogen) atoms. The molecule has 3 rings (SSSR count). The molecule has 0 amide bonds. The van der Waals surface area contributed by atoms with Gasteiger partial charge in [0.25, 0.3) is 5.69 Å². The minimum atomic E-state index is -1.12. The lowest BCUT2D eigenvalue weighted by molar-refractivity contribution is -0.386. The van der Waals surface area contributed by atoms with Crippen LogP contribution in [0.5, 0.6) is 17.4 Å². The molecule has 0 aliphatic carbocycles. The van der Waals surface area contributed by atoms with E-state index in [1.165, 1.54) is 43.5 Å². The predicted molar refractivity (Wildman–Crippen MR) is 107 cm³/mol. The fourth-order valence-corrected chi connectivity index (χ4v) is 2.50. The smallest absolute Gasteiger partial charge is 0.357 e. The maximum absolute atomic E-state index is 11.7. The molecule has 1 aromatic carbocycles. The van der Waals surface area contributed by atoms with Gasteiger partial charge in [0, 0.05) is 12.1 Å². The van der Waals surface area contributed by atoms with E-state index in [0.29, 0.717) is 5.56 Å². The van der Waals surface area contributed by atoms with Crippen LogP contribution in [0.25, 0.3) is 12.2 Å². The van der Waals surface area contributed by atoms with Gasteiger partial charge < -0.3 is 14.5 Å². The molecule has 0 spiro atoms. The summed E-state index contributed by atoms with van der Waals surface area (Å²) in [4.78, 5) is 51.2. The van der Waals surface area contributed by atoms with Crippen molar-refractivity contribution in [3.8, 4) is 17.4 Å². The number of ether oxygens (including phenoxy) is 2. The van der Waals surface area contributed by atoms with E-state index in [4.69, 9.17) is 9.47 Å². The molecule has 0 aliphatic heterocycles. The molecule has 0 fully saturated rings. The topological polar surface area (TPSA) is 183 Å². The van der Waals surface area contributed by atoms with Gasteiger partial charge in [0.1, 0.15) is 11.9 Å². The van der Waals surface area contributed by atoms with Crippen molar-refractivity contribution in [2.75, 3.05) is 7.11 Å². The number of nitro groups is 2. The van der Waals surface area contributed by atoms with E-state index < -0.39 is 26.8 Å². The number of nitrogens with zero attached hydrogens (tertiary/aromatic N) is 3. The number of nitrogens with one attached hydrogen (secondary N) is 2. The summed E-state index contributed by atoms with van der Waals surface area (Å²) in [7, 11) is 1.39. The SMILES string of the molecule is COc1cc(/C=C\c2[nH]c(=O)[nH]c(=O)c2[N+](=O)[O-])ccc1Oc1ccc([N+](=O)[O-])cn1. The first kappa shape index (κ1) is 20.9. The van der Waals surface area contributed by atoms with Gasteiger partial charge in [-0.2, -0.15) is 0 Å². The number of hydrogen-bond acceptors (Lipinski definition) is 9. The van der Waals surface area contributed by atoms with E-state index in [2.05, 4.69) is 9.97 Å². The van der Waals surface area contributed by atoms with Gasteiger partial charge in [-0.05, 0) is 23.8 Å². The van der Waals surface area contributed by atoms with Crippen molar-refractivity contribution in [1.82, 2.24) is 15.0 Å². The average molecular weight is 427 g/mol. The molecular formula is C18H13N5O8.